The summed E-state index contributed by atoms with van der Waals surface area (Å²) in [4.78, 5) is 30.2. The monoisotopic (exact) mass is 332 g/mol. The molecule has 1 unspecified atom stereocenters. The molecule has 3 N–H and O–H groups in total. The van der Waals surface area contributed by atoms with E-state index in [4.69, 9.17) is 10.5 Å². The summed E-state index contributed by atoms with van der Waals surface area (Å²) in [5.74, 6) is 0.450. The molecular formula is C15H16N4O3S. The number of rotatable bonds is 4. The molecule has 2 heterocycles. The van der Waals surface area contributed by atoms with Crippen LogP contribution in [0.25, 0.3) is 0 Å². The van der Waals surface area contributed by atoms with Crippen LogP contribution in [0.2, 0.25) is 0 Å². The van der Waals surface area contributed by atoms with E-state index in [1.165, 1.54) is 6.20 Å². The van der Waals surface area contributed by atoms with Crippen molar-refractivity contribution in [3.63, 3.8) is 0 Å². The van der Waals surface area contributed by atoms with Gasteiger partial charge in [0.05, 0.1) is 19.3 Å². The number of thiazole rings is 1. The number of hydrogen-bond acceptors (Lipinski definition) is 6. The van der Waals surface area contributed by atoms with Gasteiger partial charge >= 0.3 is 0 Å². The molecular weight excluding hydrogens is 316 g/mol. The zero-order valence-corrected chi connectivity index (χ0v) is 13.3. The van der Waals surface area contributed by atoms with Gasteiger partial charge in [-0.2, -0.15) is 0 Å². The first-order chi connectivity index (χ1) is 11.1. The highest BCUT2D eigenvalue weighted by atomic mass is 32.1. The number of ether oxygens (including phenoxy) is 1. The van der Waals surface area contributed by atoms with Crippen LogP contribution in [-0.4, -0.2) is 36.5 Å². The van der Waals surface area contributed by atoms with Crippen LogP contribution in [0.1, 0.15) is 16.1 Å². The van der Waals surface area contributed by atoms with Crippen molar-refractivity contribution in [3.8, 4) is 5.75 Å². The number of methoxy groups -OCH3 is 1. The average molecular weight is 332 g/mol. The number of nitrogens with zero attached hydrogens (tertiary/aromatic N) is 2. The first kappa shape index (κ1) is 15.3. The Balaban J connectivity index is 1.66. The van der Waals surface area contributed by atoms with E-state index in [-0.39, 0.29) is 24.3 Å². The zero-order valence-electron chi connectivity index (χ0n) is 12.5. The molecule has 1 aliphatic heterocycles. The molecule has 1 aromatic heterocycles. The predicted octanol–water partition coefficient (Wildman–Crippen LogP) is 1.27. The maximum atomic E-state index is 12.2. The second kappa shape index (κ2) is 6.25. The molecule has 120 valence electrons. The van der Waals surface area contributed by atoms with E-state index >= 15 is 0 Å². The second-order valence-electron chi connectivity index (χ2n) is 5.14. The maximum Gasteiger partial charge on any atom is 0.263 e. The van der Waals surface area contributed by atoms with Gasteiger partial charge in [0.25, 0.3) is 5.91 Å². The molecule has 23 heavy (non-hydrogen) atoms. The maximum absolute atomic E-state index is 12.2. The molecule has 0 saturated carbocycles. The van der Waals surface area contributed by atoms with Gasteiger partial charge in [-0.3, -0.25) is 9.59 Å². The molecule has 0 aliphatic carbocycles. The van der Waals surface area contributed by atoms with Crippen LogP contribution in [0.4, 0.5) is 10.8 Å². The van der Waals surface area contributed by atoms with Crippen molar-refractivity contribution in [2.45, 2.75) is 12.5 Å². The second-order valence-corrected chi connectivity index (χ2v) is 6.20. The largest absolute Gasteiger partial charge is 0.497 e. The average Bonchev–Trinajstić information content (AvgIpc) is 3.13. The zero-order chi connectivity index (χ0) is 16.4. The first-order valence-electron chi connectivity index (χ1n) is 7.03. The molecule has 0 bridgehead atoms. The molecule has 1 atom stereocenters. The van der Waals surface area contributed by atoms with Gasteiger partial charge in [0.1, 0.15) is 10.6 Å². The summed E-state index contributed by atoms with van der Waals surface area (Å²) in [5, 5.41) is 3.19. The minimum Gasteiger partial charge on any atom is -0.497 e. The molecule has 1 saturated heterocycles. The number of nitrogens with two attached hydrogens (primary N) is 1. The fraction of sp³-hybridized carbons (Fsp3) is 0.267. The number of amides is 2. The Kier molecular flexibility index (Phi) is 4.16. The minimum absolute atomic E-state index is 0.0238. The molecule has 7 nitrogen and oxygen atoms in total. The van der Waals surface area contributed by atoms with Crippen molar-refractivity contribution in [2.75, 3.05) is 24.3 Å². The van der Waals surface area contributed by atoms with Gasteiger partial charge in [-0.15, -0.1) is 0 Å². The summed E-state index contributed by atoms with van der Waals surface area (Å²) in [6.45, 7) is 0.436. The normalized spacial score (nSPS) is 17.3. The lowest BCUT2D eigenvalue weighted by atomic mass is 10.2. The van der Waals surface area contributed by atoms with Gasteiger partial charge in [0.2, 0.25) is 5.91 Å². The summed E-state index contributed by atoms with van der Waals surface area (Å²) in [6.07, 6.45) is 1.71. The van der Waals surface area contributed by atoms with Crippen molar-refractivity contribution in [1.82, 2.24) is 10.3 Å². The third kappa shape index (κ3) is 3.26. The summed E-state index contributed by atoms with van der Waals surface area (Å²) in [6, 6.07) is 7.01. The van der Waals surface area contributed by atoms with Crippen LogP contribution in [0, 0.1) is 0 Å². The van der Waals surface area contributed by atoms with E-state index in [2.05, 4.69) is 10.3 Å². The van der Waals surface area contributed by atoms with E-state index in [9.17, 15) is 9.59 Å². The van der Waals surface area contributed by atoms with Gasteiger partial charge in [-0.05, 0) is 24.3 Å². The van der Waals surface area contributed by atoms with Crippen molar-refractivity contribution in [2.24, 2.45) is 0 Å². The van der Waals surface area contributed by atoms with E-state index in [0.717, 1.165) is 22.8 Å². The lowest BCUT2D eigenvalue weighted by Gasteiger charge is -2.17. The molecule has 8 heteroatoms. The Bertz CT molecular complexity index is 729. The molecule has 3 rings (SSSR count). The molecule has 2 aromatic rings. The van der Waals surface area contributed by atoms with Gasteiger partial charge < -0.3 is 20.7 Å². The van der Waals surface area contributed by atoms with Gasteiger partial charge in [0, 0.05) is 18.7 Å². The van der Waals surface area contributed by atoms with Gasteiger partial charge in [-0.1, -0.05) is 11.3 Å². The SMILES string of the molecule is COc1ccc(N2CC(NC(=O)c3cnc(N)s3)CC2=O)cc1. The number of benzene rings is 1. The number of hydrogen-bond donors (Lipinski definition) is 2. The molecule has 1 fully saturated rings. The Hall–Kier alpha value is -2.61. The number of aromatic nitrogens is 1. The molecule has 1 aromatic carbocycles. The third-order valence-corrected chi connectivity index (χ3v) is 4.42. The van der Waals surface area contributed by atoms with Crippen LogP contribution >= 0.6 is 11.3 Å². The Morgan fingerprint density at radius 1 is 1.43 bits per heavy atom. The highest BCUT2D eigenvalue weighted by Crippen LogP contribution is 2.24. The lowest BCUT2D eigenvalue weighted by Crippen LogP contribution is -2.36. The Morgan fingerprint density at radius 3 is 2.78 bits per heavy atom. The smallest absolute Gasteiger partial charge is 0.263 e. The van der Waals surface area contributed by atoms with Crippen LogP contribution < -0.4 is 20.7 Å². The third-order valence-electron chi connectivity index (χ3n) is 3.59. The highest BCUT2D eigenvalue weighted by Gasteiger charge is 2.32. The van der Waals surface area contributed by atoms with Crippen molar-refractivity contribution in [1.29, 1.82) is 0 Å². The number of carbonyl (C=O) groups is 2. The number of anilines is 2. The lowest BCUT2D eigenvalue weighted by molar-refractivity contribution is -0.117. The predicted molar refractivity (Wildman–Crippen MR) is 87.7 cm³/mol. The van der Waals surface area contributed by atoms with Crippen molar-refractivity contribution < 1.29 is 14.3 Å². The summed E-state index contributed by atoms with van der Waals surface area (Å²) in [5.41, 5.74) is 6.31. The topological polar surface area (TPSA) is 97.6 Å². The van der Waals surface area contributed by atoms with E-state index in [1.54, 1.807) is 24.1 Å². The Labute approximate surface area is 137 Å². The van der Waals surface area contributed by atoms with Crippen molar-refractivity contribution >= 4 is 34.0 Å². The summed E-state index contributed by atoms with van der Waals surface area (Å²) >= 11 is 1.12. The first-order valence-corrected chi connectivity index (χ1v) is 7.85. The minimum atomic E-state index is -0.256. The molecule has 0 spiro atoms. The number of nitrogen functional groups attached to an aromatic ring is 1. The van der Waals surface area contributed by atoms with Crippen LogP contribution in [-0.2, 0) is 4.79 Å². The standard InChI is InChI=1S/C15H16N4O3S/c1-22-11-4-2-10(3-5-11)19-8-9(6-13(19)20)18-14(21)12-7-17-15(16)23-12/h2-5,7,9H,6,8H2,1H3,(H2,16,17)(H,18,21). The fourth-order valence-electron chi connectivity index (χ4n) is 2.47. The van der Waals surface area contributed by atoms with Crippen LogP contribution in [0.5, 0.6) is 5.75 Å². The molecule has 2 amide bonds. The Morgan fingerprint density at radius 2 is 2.17 bits per heavy atom. The van der Waals surface area contributed by atoms with Crippen LogP contribution in [0.3, 0.4) is 0 Å². The van der Waals surface area contributed by atoms with Crippen molar-refractivity contribution in [3.05, 3.63) is 35.3 Å². The summed E-state index contributed by atoms with van der Waals surface area (Å²) in [7, 11) is 1.59. The fourth-order valence-corrected chi connectivity index (χ4v) is 3.05. The quantitative estimate of drug-likeness (QED) is 0.879. The van der Waals surface area contributed by atoms with E-state index in [1.807, 2.05) is 12.1 Å². The van der Waals surface area contributed by atoms with E-state index in [0.29, 0.717) is 16.6 Å². The number of carbonyl (C=O) groups excluding carboxylic acids is 2. The van der Waals surface area contributed by atoms with Gasteiger partial charge in [-0.25, -0.2) is 4.98 Å². The number of nitrogens with one attached hydrogen (secondary N) is 1. The molecule has 0 radical (unpaired) electrons. The highest BCUT2D eigenvalue weighted by molar-refractivity contribution is 7.17. The van der Waals surface area contributed by atoms with E-state index < -0.39 is 0 Å². The molecule has 1 aliphatic rings. The van der Waals surface area contributed by atoms with Crippen LogP contribution in [0.15, 0.2) is 30.5 Å². The summed E-state index contributed by atoms with van der Waals surface area (Å²) < 4.78 is 5.11. The van der Waals surface area contributed by atoms with Gasteiger partial charge in [0.15, 0.2) is 5.13 Å².